The highest BCUT2D eigenvalue weighted by Crippen LogP contribution is 2.30. The van der Waals surface area contributed by atoms with Crippen LogP contribution in [-0.4, -0.2) is 7.05 Å². The summed E-state index contributed by atoms with van der Waals surface area (Å²) in [6, 6.07) is 10.8. The van der Waals surface area contributed by atoms with E-state index in [0.29, 0.717) is 15.1 Å². The third kappa shape index (κ3) is 3.29. The van der Waals surface area contributed by atoms with Gasteiger partial charge in [-0.3, -0.25) is 0 Å². The summed E-state index contributed by atoms with van der Waals surface area (Å²) in [5.74, 6) is -0.253. The van der Waals surface area contributed by atoms with Gasteiger partial charge in [0.1, 0.15) is 5.82 Å². The first-order valence-electron chi connectivity index (χ1n) is 5.60. The molecule has 0 aliphatic rings. The fourth-order valence-electron chi connectivity index (χ4n) is 1.94. The van der Waals surface area contributed by atoms with Gasteiger partial charge in [-0.1, -0.05) is 29.8 Å². The van der Waals surface area contributed by atoms with E-state index in [0.717, 1.165) is 9.13 Å². The molecule has 1 nitrogen and oxygen atoms in total. The quantitative estimate of drug-likeness (QED) is 0.633. The first kappa shape index (κ1) is 15.2. The highest BCUT2D eigenvalue weighted by molar-refractivity contribution is 14.1. The lowest BCUT2D eigenvalue weighted by Crippen LogP contribution is -2.19. The zero-order chi connectivity index (χ0) is 14.0. The summed E-state index contributed by atoms with van der Waals surface area (Å²) in [7, 11) is 1.80. The largest absolute Gasteiger partial charge is 0.309 e. The van der Waals surface area contributed by atoms with Crippen molar-refractivity contribution in [1.29, 1.82) is 0 Å². The van der Waals surface area contributed by atoms with Crippen LogP contribution in [0.1, 0.15) is 17.2 Å². The molecule has 2 aromatic rings. The molecule has 0 bridgehead atoms. The molecular formula is C14H11BrClFIN. The molecule has 0 amide bonds. The molecule has 0 spiro atoms. The fourth-order valence-corrected chi connectivity index (χ4v) is 2.84. The standard InChI is InChI=1S/C14H11BrClFIN/c1-19-14(8-5-6-12(18)11(16)7-8)9-3-2-4-10(15)13(9)17/h2-7,14,19H,1H3. The molecule has 2 rings (SSSR count). The second-order valence-electron chi connectivity index (χ2n) is 4.04. The summed E-state index contributed by atoms with van der Waals surface area (Å²) in [5.41, 5.74) is 1.53. The van der Waals surface area contributed by atoms with Gasteiger partial charge in [-0.25, -0.2) is 4.39 Å². The third-order valence-electron chi connectivity index (χ3n) is 2.86. The van der Waals surface area contributed by atoms with Gasteiger partial charge in [0, 0.05) is 9.13 Å². The molecule has 100 valence electrons. The van der Waals surface area contributed by atoms with Gasteiger partial charge >= 0.3 is 0 Å². The van der Waals surface area contributed by atoms with Crippen LogP contribution in [-0.2, 0) is 0 Å². The van der Waals surface area contributed by atoms with Crippen molar-refractivity contribution in [1.82, 2.24) is 5.32 Å². The van der Waals surface area contributed by atoms with Gasteiger partial charge in [-0.05, 0) is 69.3 Å². The van der Waals surface area contributed by atoms with E-state index < -0.39 is 0 Å². The van der Waals surface area contributed by atoms with Crippen molar-refractivity contribution < 1.29 is 4.39 Å². The molecule has 0 radical (unpaired) electrons. The van der Waals surface area contributed by atoms with Crippen molar-refractivity contribution in [2.75, 3.05) is 7.05 Å². The lowest BCUT2D eigenvalue weighted by molar-refractivity contribution is 0.571. The Morgan fingerprint density at radius 1 is 1.32 bits per heavy atom. The Morgan fingerprint density at radius 3 is 2.68 bits per heavy atom. The molecule has 5 heteroatoms. The zero-order valence-electron chi connectivity index (χ0n) is 10.1. The van der Waals surface area contributed by atoms with Crippen molar-refractivity contribution in [3.8, 4) is 0 Å². The molecule has 0 aromatic heterocycles. The second kappa shape index (κ2) is 6.52. The summed E-state index contributed by atoms with van der Waals surface area (Å²) in [6.45, 7) is 0. The van der Waals surface area contributed by atoms with Crippen LogP contribution < -0.4 is 5.32 Å². The maximum atomic E-state index is 14.2. The van der Waals surface area contributed by atoms with Crippen molar-refractivity contribution in [2.24, 2.45) is 0 Å². The summed E-state index contributed by atoms with van der Waals surface area (Å²) in [5, 5.41) is 3.80. The molecule has 1 unspecified atom stereocenters. The molecule has 0 saturated heterocycles. The molecule has 19 heavy (non-hydrogen) atoms. The smallest absolute Gasteiger partial charge is 0.142 e. The van der Waals surface area contributed by atoms with Crippen LogP contribution in [0, 0.1) is 9.39 Å². The molecule has 0 heterocycles. The monoisotopic (exact) mass is 453 g/mol. The Labute approximate surface area is 138 Å². The normalized spacial score (nSPS) is 12.5. The topological polar surface area (TPSA) is 12.0 Å². The average molecular weight is 455 g/mol. The van der Waals surface area contributed by atoms with Gasteiger partial charge < -0.3 is 5.32 Å². The zero-order valence-corrected chi connectivity index (χ0v) is 14.6. The summed E-state index contributed by atoms with van der Waals surface area (Å²) >= 11 is 11.5. The van der Waals surface area contributed by atoms with Crippen LogP contribution in [0.4, 0.5) is 4.39 Å². The van der Waals surface area contributed by atoms with Gasteiger partial charge in [-0.15, -0.1) is 0 Å². The van der Waals surface area contributed by atoms with E-state index in [2.05, 4.69) is 43.8 Å². The lowest BCUT2D eigenvalue weighted by Gasteiger charge is -2.19. The Balaban J connectivity index is 2.50. The number of rotatable bonds is 3. The molecular weight excluding hydrogens is 443 g/mol. The fraction of sp³-hybridized carbons (Fsp3) is 0.143. The molecule has 2 aromatic carbocycles. The lowest BCUT2D eigenvalue weighted by atomic mass is 9.98. The summed E-state index contributed by atoms with van der Waals surface area (Å²) < 4.78 is 15.6. The highest BCUT2D eigenvalue weighted by atomic mass is 127. The van der Waals surface area contributed by atoms with Gasteiger partial charge in [0.2, 0.25) is 0 Å². The van der Waals surface area contributed by atoms with Crippen LogP contribution in [0.5, 0.6) is 0 Å². The van der Waals surface area contributed by atoms with E-state index in [9.17, 15) is 4.39 Å². The van der Waals surface area contributed by atoms with E-state index >= 15 is 0 Å². The first-order chi connectivity index (χ1) is 9.04. The van der Waals surface area contributed by atoms with Crippen LogP contribution in [0.3, 0.4) is 0 Å². The van der Waals surface area contributed by atoms with Crippen LogP contribution in [0.15, 0.2) is 40.9 Å². The Bertz CT molecular complexity index is 606. The second-order valence-corrected chi connectivity index (χ2v) is 6.46. The van der Waals surface area contributed by atoms with E-state index in [1.54, 1.807) is 19.2 Å². The minimum absolute atomic E-state index is 0.230. The van der Waals surface area contributed by atoms with E-state index in [-0.39, 0.29) is 11.9 Å². The molecule has 0 aliphatic carbocycles. The summed E-state index contributed by atoms with van der Waals surface area (Å²) in [4.78, 5) is 0. The predicted octanol–water partition coefficient (Wildman–Crippen LogP) is 5.16. The van der Waals surface area contributed by atoms with E-state index in [1.165, 1.54) is 0 Å². The molecule has 1 atom stereocenters. The van der Waals surface area contributed by atoms with Crippen LogP contribution in [0.2, 0.25) is 5.02 Å². The highest BCUT2D eigenvalue weighted by Gasteiger charge is 2.18. The third-order valence-corrected chi connectivity index (χ3v) is 5.04. The number of nitrogens with one attached hydrogen (secondary N) is 1. The van der Waals surface area contributed by atoms with Crippen molar-refractivity contribution in [3.05, 3.63) is 66.4 Å². The number of halogens is 4. The average Bonchev–Trinajstić information content (AvgIpc) is 2.39. The van der Waals surface area contributed by atoms with Crippen molar-refractivity contribution >= 4 is 50.1 Å². The number of benzene rings is 2. The van der Waals surface area contributed by atoms with Gasteiger partial charge in [-0.2, -0.15) is 0 Å². The van der Waals surface area contributed by atoms with Crippen molar-refractivity contribution in [3.63, 3.8) is 0 Å². The number of hydrogen-bond acceptors (Lipinski definition) is 1. The number of hydrogen-bond donors (Lipinski definition) is 1. The minimum atomic E-state index is -0.253. The summed E-state index contributed by atoms with van der Waals surface area (Å²) in [6.07, 6.45) is 0. The SMILES string of the molecule is CNC(c1ccc(I)c(Cl)c1)c1cccc(Br)c1F. The van der Waals surface area contributed by atoms with E-state index in [1.807, 2.05) is 24.3 Å². The van der Waals surface area contributed by atoms with Gasteiger partial charge in [0.15, 0.2) is 0 Å². The molecule has 0 aliphatic heterocycles. The van der Waals surface area contributed by atoms with E-state index in [4.69, 9.17) is 11.6 Å². The maximum Gasteiger partial charge on any atom is 0.142 e. The minimum Gasteiger partial charge on any atom is -0.309 e. The Hall–Kier alpha value is -0.170. The predicted molar refractivity (Wildman–Crippen MR) is 89.2 cm³/mol. The van der Waals surface area contributed by atoms with Crippen molar-refractivity contribution in [2.45, 2.75) is 6.04 Å². The van der Waals surface area contributed by atoms with Crippen LogP contribution >= 0.6 is 50.1 Å². The van der Waals surface area contributed by atoms with Crippen LogP contribution in [0.25, 0.3) is 0 Å². The first-order valence-corrected chi connectivity index (χ1v) is 7.85. The molecule has 0 saturated carbocycles. The van der Waals surface area contributed by atoms with Gasteiger partial charge in [0.05, 0.1) is 15.5 Å². The molecule has 0 fully saturated rings. The Morgan fingerprint density at radius 2 is 2.05 bits per heavy atom. The maximum absolute atomic E-state index is 14.2. The molecule has 1 N–H and O–H groups in total. The Kier molecular flexibility index (Phi) is 5.22. The van der Waals surface area contributed by atoms with Gasteiger partial charge in [0.25, 0.3) is 0 Å².